The number of hydrogen-bond acceptors (Lipinski definition) is 2. The summed E-state index contributed by atoms with van der Waals surface area (Å²) in [4.78, 5) is 11.9. The summed E-state index contributed by atoms with van der Waals surface area (Å²) in [5.74, 6) is 0.132. The minimum Gasteiger partial charge on any atom is -0.352 e. The number of aryl methyl sites for hydroxylation is 1. The van der Waals surface area contributed by atoms with E-state index in [9.17, 15) is 4.79 Å². The zero-order valence-corrected chi connectivity index (χ0v) is 13.6. The number of rotatable bonds is 5. The first-order valence-electron chi connectivity index (χ1n) is 8.37. The van der Waals surface area contributed by atoms with E-state index in [0.717, 1.165) is 18.5 Å². The Balaban J connectivity index is 1.54. The van der Waals surface area contributed by atoms with Gasteiger partial charge < -0.3 is 10.6 Å². The molecule has 0 bridgehead atoms. The van der Waals surface area contributed by atoms with Gasteiger partial charge in [-0.1, -0.05) is 54.1 Å². The Kier molecular flexibility index (Phi) is 5.09. The first-order chi connectivity index (χ1) is 11.2. The molecule has 3 heteroatoms. The molecule has 2 aromatic carbocycles. The fourth-order valence-electron chi connectivity index (χ4n) is 3.07. The summed E-state index contributed by atoms with van der Waals surface area (Å²) in [6.45, 7) is 3.74. The number of hydrogen-bond donors (Lipinski definition) is 2. The largest absolute Gasteiger partial charge is 0.352 e. The zero-order chi connectivity index (χ0) is 16.1. The topological polar surface area (TPSA) is 41.1 Å². The molecule has 1 saturated heterocycles. The van der Waals surface area contributed by atoms with Crippen LogP contribution in [0, 0.1) is 6.92 Å². The second kappa shape index (κ2) is 7.42. The van der Waals surface area contributed by atoms with Crippen LogP contribution in [0.1, 0.15) is 30.4 Å². The highest BCUT2D eigenvalue weighted by Gasteiger charge is 2.17. The summed E-state index contributed by atoms with van der Waals surface area (Å²) in [5, 5.41) is 6.37. The molecule has 2 aromatic rings. The number of carbonyl (C=O) groups excluding carboxylic acids is 1. The molecule has 3 rings (SSSR count). The van der Waals surface area contributed by atoms with E-state index in [2.05, 4.69) is 66.1 Å². The van der Waals surface area contributed by atoms with Gasteiger partial charge in [-0.25, -0.2) is 0 Å². The van der Waals surface area contributed by atoms with Crippen molar-refractivity contribution in [3.05, 3.63) is 59.7 Å². The highest BCUT2D eigenvalue weighted by Crippen LogP contribution is 2.20. The SMILES string of the molecule is Cc1cccc(-c2ccc(CNC(=O)CC3CCCN3)cc2)c1. The average molecular weight is 308 g/mol. The van der Waals surface area contributed by atoms with Gasteiger partial charge in [0.1, 0.15) is 0 Å². The van der Waals surface area contributed by atoms with Crippen molar-refractivity contribution in [2.45, 2.75) is 38.8 Å². The maximum Gasteiger partial charge on any atom is 0.221 e. The maximum absolute atomic E-state index is 11.9. The van der Waals surface area contributed by atoms with Gasteiger partial charge in [-0.3, -0.25) is 4.79 Å². The van der Waals surface area contributed by atoms with E-state index in [0.29, 0.717) is 19.0 Å². The van der Waals surface area contributed by atoms with Crippen LogP contribution in [0.25, 0.3) is 11.1 Å². The minimum atomic E-state index is 0.132. The lowest BCUT2D eigenvalue weighted by atomic mass is 10.0. The van der Waals surface area contributed by atoms with Crippen LogP contribution < -0.4 is 10.6 Å². The molecule has 3 nitrogen and oxygen atoms in total. The van der Waals surface area contributed by atoms with Gasteiger partial charge in [0.2, 0.25) is 5.91 Å². The monoisotopic (exact) mass is 308 g/mol. The van der Waals surface area contributed by atoms with Crippen molar-refractivity contribution in [2.24, 2.45) is 0 Å². The van der Waals surface area contributed by atoms with E-state index in [1.54, 1.807) is 0 Å². The molecular weight excluding hydrogens is 284 g/mol. The van der Waals surface area contributed by atoms with Crippen LogP contribution in [0.3, 0.4) is 0 Å². The van der Waals surface area contributed by atoms with Gasteiger partial charge in [0, 0.05) is 19.0 Å². The Hall–Kier alpha value is -2.13. The first kappa shape index (κ1) is 15.8. The Bertz CT molecular complexity index is 658. The quantitative estimate of drug-likeness (QED) is 0.888. The molecule has 1 aliphatic rings. The highest BCUT2D eigenvalue weighted by atomic mass is 16.1. The Labute approximate surface area is 138 Å². The number of benzene rings is 2. The van der Waals surface area contributed by atoms with Crippen LogP contribution in [0.5, 0.6) is 0 Å². The molecule has 120 valence electrons. The molecule has 0 radical (unpaired) electrons. The van der Waals surface area contributed by atoms with E-state index >= 15 is 0 Å². The summed E-state index contributed by atoms with van der Waals surface area (Å²) >= 11 is 0. The highest BCUT2D eigenvalue weighted by molar-refractivity contribution is 5.76. The summed E-state index contributed by atoms with van der Waals surface area (Å²) in [7, 11) is 0. The van der Waals surface area contributed by atoms with Crippen LogP contribution in [-0.2, 0) is 11.3 Å². The van der Waals surface area contributed by atoms with E-state index in [4.69, 9.17) is 0 Å². The molecule has 1 unspecified atom stereocenters. The molecule has 0 aromatic heterocycles. The molecule has 2 N–H and O–H groups in total. The minimum absolute atomic E-state index is 0.132. The Morgan fingerprint density at radius 3 is 2.70 bits per heavy atom. The lowest BCUT2D eigenvalue weighted by Gasteiger charge is -2.11. The van der Waals surface area contributed by atoms with Gasteiger partial charge in [-0.15, -0.1) is 0 Å². The molecule has 1 heterocycles. The third-order valence-corrected chi connectivity index (χ3v) is 4.39. The van der Waals surface area contributed by atoms with Gasteiger partial charge in [0.05, 0.1) is 0 Å². The third kappa shape index (κ3) is 4.42. The van der Waals surface area contributed by atoms with Gasteiger partial charge in [-0.05, 0) is 43.0 Å². The normalized spacial score (nSPS) is 17.2. The van der Waals surface area contributed by atoms with Crippen molar-refractivity contribution in [3.63, 3.8) is 0 Å². The smallest absolute Gasteiger partial charge is 0.221 e. The van der Waals surface area contributed by atoms with Crippen LogP contribution in [0.4, 0.5) is 0 Å². The Morgan fingerprint density at radius 1 is 1.17 bits per heavy atom. The third-order valence-electron chi connectivity index (χ3n) is 4.39. The molecule has 23 heavy (non-hydrogen) atoms. The maximum atomic E-state index is 11.9. The predicted molar refractivity (Wildman–Crippen MR) is 94.1 cm³/mol. The zero-order valence-electron chi connectivity index (χ0n) is 13.6. The fourth-order valence-corrected chi connectivity index (χ4v) is 3.07. The van der Waals surface area contributed by atoms with Crippen molar-refractivity contribution in [1.29, 1.82) is 0 Å². The summed E-state index contributed by atoms with van der Waals surface area (Å²) in [6, 6.07) is 17.3. The van der Waals surface area contributed by atoms with Crippen LogP contribution in [0.2, 0.25) is 0 Å². The van der Waals surface area contributed by atoms with E-state index in [1.165, 1.54) is 23.1 Å². The number of carbonyl (C=O) groups is 1. The fraction of sp³-hybridized carbons (Fsp3) is 0.350. The van der Waals surface area contributed by atoms with E-state index in [-0.39, 0.29) is 5.91 Å². The van der Waals surface area contributed by atoms with Crippen molar-refractivity contribution in [3.8, 4) is 11.1 Å². The summed E-state index contributed by atoms with van der Waals surface area (Å²) in [5.41, 5.74) is 4.83. The van der Waals surface area contributed by atoms with Crippen molar-refractivity contribution in [2.75, 3.05) is 6.54 Å². The molecule has 0 aliphatic carbocycles. The molecule has 0 saturated carbocycles. The van der Waals surface area contributed by atoms with Gasteiger partial charge in [0.15, 0.2) is 0 Å². The summed E-state index contributed by atoms with van der Waals surface area (Å²) in [6.07, 6.45) is 2.87. The lowest BCUT2D eigenvalue weighted by molar-refractivity contribution is -0.121. The molecule has 0 spiro atoms. The Morgan fingerprint density at radius 2 is 2.00 bits per heavy atom. The summed E-state index contributed by atoms with van der Waals surface area (Å²) < 4.78 is 0. The molecule has 1 fully saturated rings. The van der Waals surface area contributed by atoms with Crippen LogP contribution >= 0.6 is 0 Å². The van der Waals surface area contributed by atoms with Gasteiger partial charge in [0.25, 0.3) is 0 Å². The van der Waals surface area contributed by atoms with E-state index < -0.39 is 0 Å². The second-order valence-corrected chi connectivity index (χ2v) is 6.34. The van der Waals surface area contributed by atoms with Crippen LogP contribution in [0.15, 0.2) is 48.5 Å². The predicted octanol–water partition coefficient (Wildman–Crippen LogP) is 3.42. The lowest BCUT2D eigenvalue weighted by Crippen LogP contribution is -2.31. The van der Waals surface area contributed by atoms with Crippen molar-refractivity contribution >= 4 is 5.91 Å². The standard InChI is InChI=1S/C20H24N2O/c1-15-4-2-5-18(12-15)17-9-7-16(8-10-17)14-22-20(23)13-19-6-3-11-21-19/h2,4-5,7-10,12,19,21H,3,6,11,13-14H2,1H3,(H,22,23). The first-order valence-corrected chi connectivity index (χ1v) is 8.37. The second-order valence-electron chi connectivity index (χ2n) is 6.34. The van der Waals surface area contributed by atoms with E-state index in [1.807, 2.05) is 0 Å². The molecular formula is C20H24N2O. The van der Waals surface area contributed by atoms with Crippen molar-refractivity contribution in [1.82, 2.24) is 10.6 Å². The van der Waals surface area contributed by atoms with Gasteiger partial charge >= 0.3 is 0 Å². The van der Waals surface area contributed by atoms with Crippen LogP contribution in [-0.4, -0.2) is 18.5 Å². The average Bonchev–Trinajstić information content (AvgIpc) is 3.06. The molecule has 1 atom stereocenters. The van der Waals surface area contributed by atoms with Gasteiger partial charge in [-0.2, -0.15) is 0 Å². The number of amides is 1. The molecule has 1 amide bonds. The number of nitrogens with one attached hydrogen (secondary N) is 2. The van der Waals surface area contributed by atoms with Crippen molar-refractivity contribution < 1.29 is 4.79 Å². The molecule has 1 aliphatic heterocycles.